The summed E-state index contributed by atoms with van der Waals surface area (Å²) >= 11 is 0. The molecule has 3 atom stereocenters. The van der Waals surface area contributed by atoms with Crippen LogP contribution in [0.15, 0.2) is 176 Å². The van der Waals surface area contributed by atoms with E-state index >= 15 is 0 Å². The third kappa shape index (κ3) is 3.74. The molecule has 0 N–H and O–H groups in total. The number of hydrogen-bond acceptors (Lipinski definition) is 2. The molecule has 2 nitrogen and oxygen atoms in total. The smallest absolute Gasteiger partial charge is 0.0799 e. The minimum absolute atomic E-state index is 0.145. The van der Waals surface area contributed by atoms with Gasteiger partial charge in [0.2, 0.25) is 0 Å². The predicted molar refractivity (Wildman–Crippen MR) is 203 cm³/mol. The van der Waals surface area contributed by atoms with Gasteiger partial charge in [-0.15, -0.1) is 0 Å². The van der Waals surface area contributed by atoms with Gasteiger partial charge in [0.05, 0.1) is 23.0 Å². The highest BCUT2D eigenvalue weighted by atomic mass is 15.2. The molecule has 1 aliphatic carbocycles. The highest BCUT2D eigenvalue weighted by molar-refractivity contribution is 6.27. The van der Waals surface area contributed by atoms with Gasteiger partial charge in [-0.1, -0.05) is 152 Å². The Hall–Kier alpha value is -5.86. The van der Waals surface area contributed by atoms with E-state index in [0.29, 0.717) is 0 Å². The molecule has 0 bridgehead atoms. The standard InChI is InChI=1S/C46H34N2/c1-46-28-16-15-27-39(46)44-43-36-25-13-12-24-35(36)42(47-40(31-17-5-2-6-18-31)30-41(47)32-19-7-3-8-20-32)29-38(43)34-23-11-14-26-37(34)45(44)48(46)33-21-9-4-10-22-33/h2-30,39-40H,1H3. The van der Waals surface area contributed by atoms with Crippen LogP contribution in [0.1, 0.15) is 35.6 Å². The van der Waals surface area contributed by atoms with E-state index in [9.17, 15) is 0 Å². The minimum Gasteiger partial charge on any atom is -0.330 e. The summed E-state index contributed by atoms with van der Waals surface area (Å²) in [6, 6.07) is 53.5. The van der Waals surface area contributed by atoms with E-state index in [0.717, 1.165) is 0 Å². The number of anilines is 3. The van der Waals surface area contributed by atoms with Gasteiger partial charge in [0.1, 0.15) is 0 Å². The van der Waals surface area contributed by atoms with Crippen molar-refractivity contribution in [2.75, 3.05) is 9.80 Å². The van der Waals surface area contributed by atoms with Crippen LogP contribution in [0.3, 0.4) is 0 Å². The first kappa shape index (κ1) is 27.3. The molecule has 0 saturated heterocycles. The van der Waals surface area contributed by atoms with Gasteiger partial charge in [-0.3, -0.25) is 0 Å². The van der Waals surface area contributed by atoms with Crippen LogP contribution in [-0.2, 0) is 0 Å². The van der Waals surface area contributed by atoms with Gasteiger partial charge in [-0.05, 0) is 69.4 Å². The number of allylic oxidation sites excluding steroid dienone is 2. The molecule has 7 aromatic rings. The molecule has 0 saturated carbocycles. The van der Waals surface area contributed by atoms with E-state index < -0.39 is 0 Å². The Bertz CT molecular complexity index is 2480. The van der Waals surface area contributed by atoms with E-state index in [4.69, 9.17) is 0 Å². The van der Waals surface area contributed by atoms with E-state index in [1.807, 2.05) is 0 Å². The van der Waals surface area contributed by atoms with E-state index in [2.05, 4.69) is 193 Å². The minimum atomic E-state index is -0.242. The van der Waals surface area contributed by atoms with Gasteiger partial charge in [-0.2, -0.15) is 0 Å². The molecule has 0 aromatic heterocycles. The van der Waals surface area contributed by atoms with E-state index in [-0.39, 0.29) is 17.5 Å². The number of nitrogens with zero attached hydrogens (tertiary/aromatic N) is 2. The van der Waals surface area contributed by atoms with Crippen LogP contribution in [0.2, 0.25) is 0 Å². The lowest BCUT2D eigenvalue weighted by molar-refractivity contribution is 0.544. The Balaban J connectivity index is 1.32. The summed E-state index contributed by atoms with van der Waals surface area (Å²) in [6.45, 7) is 2.41. The van der Waals surface area contributed by atoms with Crippen molar-refractivity contribution in [2.24, 2.45) is 0 Å². The van der Waals surface area contributed by atoms with Gasteiger partial charge in [0.25, 0.3) is 0 Å². The molecule has 10 rings (SSSR count). The summed E-state index contributed by atoms with van der Waals surface area (Å²) < 4.78 is 0. The fourth-order valence-electron chi connectivity index (χ4n) is 8.73. The van der Waals surface area contributed by atoms with Crippen LogP contribution >= 0.6 is 0 Å². The molecule has 48 heavy (non-hydrogen) atoms. The summed E-state index contributed by atoms with van der Waals surface area (Å²) in [5, 5.41) is 7.84. The highest BCUT2D eigenvalue weighted by Crippen LogP contribution is 2.60. The first-order valence-electron chi connectivity index (χ1n) is 17.0. The molecule has 0 amide bonds. The molecule has 7 aromatic carbocycles. The Morgan fingerprint density at radius 1 is 0.583 bits per heavy atom. The molecule has 0 radical (unpaired) electrons. The first-order chi connectivity index (χ1) is 23.7. The maximum Gasteiger partial charge on any atom is 0.0799 e. The van der Waals surface area contributed by atoms with Gasteiger partial charge in [0, 0.05) is 28.1 Å². The molecule has 228 valence electrons. The molecule has 0 fully saturated rings. The summed E-state index contributed by atoms with van der Waals surface area (Å²) in [4.78, 5) is 5.17. The average Bonchev–Trinajstić information content (AvgIpc) is 3.41. The molecular formula is C46H34N2. The summed E-state index contributed by atoms with van der Waals surface area (Å²) in [5.41, 5.74) is 8.75. The zero-order valence-electron chi connectivity index (χ0n) is 26.8. The second-order valence-corrected chi connectivity index (χ2v) is 13.4. The quantitative estimate of drug-likeness (QED) is 0.182. The van der Waals surface area contributed by atoms with Crippen molar-refractivity contribution in [3.63, 3.8) is 0 Å². The largest absolute Gasteiger partial charge is 0.330 e. The normalized spacial score (nSPS) is 21.0. The number of benzene rings is 7. The third-order valence-electron chi connectivity index (χ3n) is 10.9. The Labute approximate surface area is 281 Å². The third-order valence-corrected chi connectivity index (χ3v) is 10.9. The van der Waals surface area contributed by atoms with Gasteiger partial charge in [-0.25, -0.2) is 0 Å². The summed E-state index contributed by atoms with van der Waals surface area (Å²) in [6.07, 6.45) is 11.7. The Morgan fingerprint density at radius 2 is 1.21 bits per heavy atom. The van der Waals surface area contributed by atoms with Gasteiger partial charge in [0.15, 0.2) is 0 Å². The lowest BCUT2D eigenvalue weighted by atomic mass is 9.77. The van der Waals surface area contributed by atoms with Crippen LogP contribution in [0.4, 0.5) is 17.1 Å². The second-order valence-electron chi connectivity index (χ2n) is 13.4. The molecule has 2 heterocycles. The van der Waals surface area contributed by atoms with Crippen molar-refractivity contribution in [2.45, 2.75) is 24.4 Å². The summed E-state index contributed by atoms with van der Waals surface area (Å²) in [5.74, 6) is 0.194. The molecular weight excluding hydrogens is 581 g/mol. The first-order valence-corrected chi connectivity index (χ1v) is 17.0. The zero-order chi connectivity index (χ0) is 31.8. The lowest BCUT2D eigenvalue weighted by Crippen LogP contribution is -2.41. The highest BCUT2D eigenvalue weighted by Gasteiger charge is 2.49. The second kappa shape index (κ2) is 10.3. The molecule has 3 aliphatic rings. The van der Waals surface area contributed by atoms with Crippen LogP contribution in [0, 0.1) is 0 Å². The van der Waals surface area contributed by atoms with Gasteiger partial charge >= 0.3 is 0 Å². The predicted octanol–water partition coefficient (Wildman–Crippen LogP) is 11.9. The van der Waals surface area contributed by atoms with Crippen molar-refractivity contribution < 1.29 is 0 Å². The number of rotatable bonds is 4. The maximum absolute atomic E-state index is 2.61. The average molecular weight is 615 g/mol. The number of para-hydroxylation sites is 1. The van der Waals surface area contributed by atoms with Crippen molar-refractivity contribution >= 4 is 55.1 Å². The van der Waals surface area contributed by atoms with Gasteiger partial charge < -0.3 is 9.80 Å². The van der Waals surface area contributed by atoms with Crippen LogP contribution in [0.5, 0.6) is 0 Å². The zero-order valence-corrected chi connectivity index (χ0v) is 26.8. The Kier molecular flexibility index (Phi) is 5.86. The fourth-order valence-corrected chi connectivity index (χ4v) is 8.73. The number of hydrogen-bond donors (Lipinski definition) is 0. The number of fused-ring (bicyclic) bond motifs is 10. The maximum atomic E-state index is 2.61. The van der Waals surface area contributed by atoms with E-state index in [1.165, 1.54) is 71.8 Å². The van der Waals surface area contributed by atoms with Crippen LogP contribution in [0.25, 0.3) is 38.0 Å². The fraction of sp³-hybridized carbons (Fsp3) is 0.0870. The van der Waals surface area contributed by atoms with Crippen LogP contribution in [-0.4, -0.2) is 5.54 Å². The monoisotopic (exact) mass is 614 g/mol. The van der Waals surface area contributed by atoms with Crippen molar-refractivity contribution in [3.05, 3.63) is 193 Å². The molecule has 2 heteroatoms. The molecule has 3 unspecified atom stereocenters. The lowest BCUT2D eigenvalue weighted by Gasteiger charge is -2.43. The summed E-state index contributed by atoms with van der Waals surface area (Å²) in [7, 11) is 0. The topological polar surface area (TPSA) is 6.48 Å². The van der Waals surface area contributed by atoms with E-state index in [1.54, 1.807) is 0 Å². The Morgan fingerprint density at radius 3 is 1.96 bits per heavy atom. The van der Waals surface area contributed by atoms with Crippen LogP contribution < -0.4 is 9.80 Å². The molecule has 2 aliphatic heterocycles. The van der Waals surface area contributed by atoms with Crippen molar-refractivity contribution in [3.8, 4) is 0 Å². The van der Waals surface area contributed by atoms with Crippen molar-refractivity contribution in [1.82, 2.24) is 0 Å². The molecule has 0 spiro atoms. The SMILES string of the molecule is CC12C=CC=CC1c1c(c3ccccc3c3cc(N4C(c5ccccc5)=CC4c4ccccc4)c4ccccc4c13)N2c1ccccc1. The van der Waals surface area contributed by atoms with Crippen molar-refractivity contribution in [1.29, 1.82) is 0 Å².